The zero-order chi connectivity index (χ0) is 15.6. The van der Waals surface area contributed by atoms with Crippen LogP contribution in [-0.4, -0.2) is 9.55 Å². The van der Waals surface area contributed by atoms with E-state index < -0.39 is 0 Å². The van der Waals surface area contributed by atoms with E-state index in [9.17, 15) is 4.39 Å². The molecule has 1 aromatic heterocycles. The van der Waals surface area contributed by atoms with Crippen LogP contribution < -0.4 is 5.73 Å². The van der Waals surface area contributed by atoms with Gasteiger partial charge in [-0.15, -0.1) is 0 Å². The van der Waals surface area contributed by atoms with Gasteiger partial charge in [-0.3, -0.25) is 0 Å². The normalized spacial score (nSPS) is 13.5. The highest BCUT2D eigenvalue weighted by Gasteiger charge is 2.18. The number of halogens is 1. The van der Waals surface area contributed by atoms with E-state index in [1.165, 1.54) is 12.1 Å². The summed E-state index contributed by atoms with van der Waals surface area (Å²) < 4.78 is 15.6. The first-order valence-electron chi connectivity index (χ1n) is 7.79. The average molecular weight is 291 g/mol. The SMILES string of the molecule is CC(C)CCn1c(C(N)CC(C)C)nc2cc(F)ccc21. The van der Waals surface area contributed by atoms with Crippen LogP contribution >= 0.6 is 0 Å². The summed E-state index contributed by atoms with van der Waals surface area (Å²) >= 11 is 0. The van der Waals surface area contributed by atoms with Gasteiger partial charge < -0.3 is 10.3 Å². The van der Waals surface area contributed by atoms with Crippen molar-refractivity contribution in [1.29, 1.82) is 0 Å². The molecular weight excluding hydrogens is 265 g/mol. The number of hydrogen-bond donors (Lipinski definition) is 1. The lowest BCUT2D eigenvalue weighted by Gasteiger charge is -2.17. The van der Waals surface area contributed by atoms with E-state index >= 15 is 0 Å². The monoisotopic (exact) mass is 291 g/mol. The van der Waals surface area contributed by atoms with Crippen molar-refractivity contribution in [3.63, 3.8) is 0 Å². The van der Waals surface area contributed by atoms with Crippen molar-refractivity contribution in [2.75, 3.05) is 0 Å². The predicted molar refractivity (Wildman–Crippen MR) is 85.5 cm³/mol. The van der Waals surface area contributed by atoms with Gasteiger partial charge >= 0.3 is 0 Å². The molecule has 1 atom stereocenters. The van der Waals surface area contributed by atoms with Crippen molar-refractivity contribution in [1.82, 2.24) is 9.55 Å². The number of hydrogen-bond acceptors (Lipinski definition) is 2. The van der Waals surface area contributed by atoms with E-state index in [2.05, 4.69) is 37.2 Å². The second-order valence-corrected chi connectivity index (χ2v) is 6.67. The number of fused-ring (bicyclic) bond motifs is 1. The van der Waals surface area contributed by atoms with Gasteiger partial charge in [-0.1, -0.05) is 27.7 Å². The Morgan fingerprint density at radius 3 is 2.52 bits per heavy atom. The zero-order valence-electron chi connectivity index (χ0n) is 13.4. The molecule has 0 amide bonds. The van der Waals surface area contributed by atoms with Crippen LogP contribution in [0.3, 0.4) is 0 Å². The second kappa shape index (κ2) is 6.56. The molecule has 1 unspecified atom stereocenters. The maximum atomic E-state index is 13.4. The van der Waals surface area contributed by atoms with Gasteiger partial charge in [0, 0.05) is 12.6 Å². The molecule has 0 fully saturated rings. The number of aryl methyl sites for hydroxylation is 1. The van der Waals surface area contributed by atoms with Crippen LogP contribution in [0.15, 0.2) is 18.2 Å². The van der Waals surface area contributed by atoms with Gasteiger partial charge in [-0.05, 0) is 36.8 Å². The molecule has 116 valence electrons. The Morgan fingerprint density at radius 1 is 1.19 bits per heavy atom. The Labute approximate surface area is 126 Å². The first-order valence-corrected chi connectivity index (χ1v) is 7.79. The quantitative estimate of drug-likeness (QED) is 0.864. The van der Waals surface area contributed by atoms with Crippen molar-refractivity contribution in [2.45, 2.75) is 53.1 Å². The molecule has 1 aromatic carbocycles. The standard InChI is InChI=1S/C17H26FN3/c1-11(2)7-8-21-16-6-5-13(18)10-15(16)20-17(21)14(19)9-12(3)4/h5-6,10-12,14H,7-9,19H2,1-4H3. The van der Waals surface area contributed by atoms with Gasteiger partial charge in [0.25, 0.3) is 0 Å². The third kappa shape index (κ3) is 3.82. The molecule has 1 heterocycles. The number of benzene rings is 1. The topological polar surface area (TPSA) is 43.8 Å². The smallest absolute Gasteiger partial charge is 0.126 e. The highest BCUT2D eigenvalue weighted by molar-refractivity contribution is 5.76. The molecule has 0 aliphatic heterocycles. The minimum absolute atomic E-state index is 0.104. The highest BCUT2D eigenvalue weighted by atomic mass is 19.1. The molecule has 0 bridgehead atoms. The lowest BCUT2D eigenvalue weighted by atomic mass is 10.0. The van der Waals surface area contributed by atoms with E-state index in [0.29, 0.717) is 17.4 Å². The third-order valence-electron chi connectivity index (χ3n) is 3.73. The van der Waals surface area contributed by atoms with Gasteiger partial charge in [0.15, 0.2) is 0 Å². The summed E-state index contributed by atoms with van der Waals surface area (Å²) in [6.07, 6.45) is 1.94. The van der Waals surface area contributed by atoms with Crippen LogP contribution in [0.2, 0.25) is 0 Å². The lowest BCUT2D eigenvalue weighted by Crippen LogP contribution is -2.19. The Morgan fingerprint density at radius 2 is 1.90 bits per heavy atom. The Balaban J connectivity index is 2.43. The van der Waals surface area contributed by atoms with Gasteiger partial charge in [-0.25, -0.2) is 9.37 Å². The first-order chi connectivity index (χ1) is 9.88. The van der Waals surface area contributed by atoms with Crippen LogP contribution in [0.5, 0.6) is 0 Å². The largest absolute Gasteiger partial charge is 0.327 e. The number of nitrogens with two attached hydrogens (primary N) is 1. The molecule has 0 radical (unpaired) electrons. The number of rotatable bonds is 6. The Kier molecular flexibility index (Phi) is 4.99. The molecule has 0 spiro atoms. The van der Waals surface area contributed by atoms with Gasteiger partial charge in [-0.2, -0.15) is 0 Å². The van der Waals surface area contributed by atoms with E-state index in [4.69, 9.17) is 5.73 Å². The van der Waals surface area contributed by atoms with Crippen LogP contribution in [0.1, 0.15) is 52.4 Å². The van der Waals surface area contributed by atoms with Gasteiger partial charge in [0.1, 0.15) is 11.6 Å². The fourth-order valence-corrected chi connectivity index (χ4v) is 2.64. The molecule has 0 aliphatic rings. The van der Waals surface area contributed by atoms with Crippen LogP contribution in [-0.2, 0) is 6.54 Å². The molecule has 0 saturated heterocycles. The summed E-state index contributed by atoms with van der Waals surface area (Å²) in [7, 11) is 0. The van der Waals surface area contributed by atoms with Crippen LogP contribution in [0.4, 0.5) is 4.39 Å². The highest BCUT2D eigenvalue weighted by Crippen LogP contribution is 2.25. The molecule has 2 N–H and O–H groups in total. The molecule has 2 aromatic rings. The average Bonchev–Trinajstić information content (AvgIpc) is 2.73. The Hall–Kier alpha value is -1.42. The van der Waals surface area contributed by atoms with Crippen molar-refractivity contribution >= 4 is 11.0 Å². The summed E-state index contributed by atoms with van der Waals surface area (Å²) in [6.45, 7) is 9.58. The maximum Gasteiger partial charge on any atom is 0.126 e. The molecule has 3 nitrogen and oxygen atoms in total. The molecular formula is C17H26FN3. The molecule has 0 aliphatic carbocycles. The number of aromatic nitrogens is 2. The molecule has 4 heteroatoms. The van der Waals surface area contributed by atoms with E-state index in [-0.39, 0.29) is 11.9 Å². The number of imidazole rings is 1. The predicted octanol–water partition coefficient (Wildman–Crippen LogP) is 4.27. The van der Waals surface area contributed by atoms with Crippen LogP contribution in [0, 0.1) is 17.7 Å². The lowest BCUT2D eigenvalue weighted by molar-refractivity contribution is 0.457. The van der Waals surface area contributed by atoms with Gasteiger partial charge in [0.05, 0.1) is 17.1 Å². The van der Waals surface area contributed by atoms with Crippen molar-refractivity contribution in [2.24, 2.45) is 17.6 Å². The third-order valence-corrected chi connectivity index (χ3v) is 3.73. The number of nitrogens with zero attached hydrogens (tertiary/aromatic N) is 2. The molecule has 21 heavy (non-hydrogen) atoms. The molecule has 0 saturated carbocycles. The van der Waals surface area contributed by atoms with E-state index in [0.717, 1.165) is 30.7 Å². The second-order valence-electron chi connectivity index (χ2n) is 6.67. The fourth-order valence-electron chi connectivity index (χ4n) is 2.64. The summed E-state index contributed by atoms with van der Waals surface area (Å²) in [5, 5.41) is 0. The van der Waals surface area contributed by atoms with Crippen molar-refractivity contribution in [3.05, 3.63) is 29.8 Å². The summed E-state index contributed by atoms with van der Waals surface area (Å²) in [4.78, 5) is 4.60. The summed E-state index contributed by atoms with van der Waals surface area (Å²) in [5.74, 6) is 1.75. The first kappa shape index (κ1) is 16.0. The maximum absolute atomic E-state index is 13.4. The van der Waals surface area contributed by atoms with Gasteiger partial charge in [0.2, 0.25) is 0 Å². The fraction of sp³-hybridized carbons (Fsp3) is 0.588. The molecule has 2 rings (SSSR count). The van der Waals surface area contributed by atoms with Crippen LogP contribution in [0.25, 0.3) is 11.0 Å². The van der Waals surface area contributed by atoms with E-state index in [1.807, 2.05) is 6.07 Å². The minimum Gasteiger partial charge on any atom is -0.327 e. The minimum atomic E-state index is -0.250. The van der Waals surface area contributed by atoms with Crippen molar-refractivity contribution in [3.8, 4) is 0 Å². The van der Waals surface area contributed by atoms with Crippen molar-refractivity contribution < 1.29 is 4.39 Å². The summed E-state index contributed by atoms with van der Waals surface area (Å²) in [6, 6.07) is 4.69. The summed E-state index contributed by atoms with van der Waals surface area (Å²) in [5.41, 5.74) is 8.01. The Bertz CT molecular complexity index is 601. The zero-order valence-corrected chi connectivity index (χ0v) is 13.4. The van der Waals surface area contributed by atoms with E-state index in [1.54, 1.807) is 0 Å².